The molecule has 0 aliphatic carbocycles. The van der Waals surface area contributed by atoms with E-state index in [1.165, 1.54) is 57.8 Å². The van der Waals surface area contributed by atoms with Gasteiger partial charge in [-0.25, -0.2) is 0 Å². The Hall–Kier alpha value is -0.0700. The molecule has 0 bridgehead atoms. The van der Waals surface area contributed by atoms with E-state index in [0.717, 1.165) is 18.8 Å². The Morgan fingerprint density at radius 1 is 0.750 bits per heavy atom. The zero-order valence-electron chi connectivity index (χ0n) is 11.4. The molecule has 0 nitrogen and oxygen atoms in total. The molecule has 1 unspecified atom stereocenters. The third kappa shape index (κ3) is 12.0. The predicted molar refractivity (Wildman–Crippen MR) is 71.6 cm³/mol. The number of halogens is 1. The smallest absolute Gasteiger partial charge is 0.0894 e. The van der Waals surface area contributed by atoms with E-state index in [1.54, 1.807) is 0 Å². The van der Waals surface area contributed by atoms with E-state index < -0.39 is 0 Å². The highest BCUT2D eigenvalue weighted by Gasteiger charge is 2.01. The molecule has 0 heterocycles. The quantitative estimate of drug-likeness (QED) is 0.366. The Balaban J connectivity index is 3.06. The SMILES string of the molecule is CCCCCCCCCC(C)CCCCF. The van der Waals surface area contributed by atoms with E-state index in [0.29, 0.717) is 0 Å². The van der Waals surface area contributed by atoms with Gasteiger partial charge in [0.05, 0.1) is 6.67 Å². The number of rotatable bonds is 12. The van der Waals surface area contributed by atoms with Crippen LogP contribution in [0, 0.1) is 5.92 Å². The van der Waals surface area contributed by atoms with E-state index >= 15 is 0 Å². The van der Waals surface area contributed by atoms with Crippen molar-refractivity contribution in [3.63, 3.8) is 0 Å². The lowest BCUT2D eigenvalue weighted by atomic mass is 9.97. The topological polar surface area (TPSA) is 0 Å². The van der Waals surface area contributed by atoms with Gasteiger partial charge in [-0.3, -0.25) is 4.39 Å². The minimum atomic E-state index is -0.135. The molecular formula is C15H31F. The molecule has 0 saturated heterocycles. The van der Waals surface area contributed by atoms with E-state index in [-0.39, 0.29) is 6.67 Å². The number of hydrogen-bond donors (Lipinski definition) is 0. The zero-order valence-corrected chi connectivity index (χ0v) is 11.4. The van der Waals surface area contributed by atoms with Gasteiger partial charge in [-0.05, 0) is 12.3 Å². The lowest BCUT2D eigenvalue weighted by molar-refractivity contribution is 0.404. The van der Waals surface area contributed by atoms with Crippen LogP contribution < -0.4 is 0 Å². The van der Waals surface area contributed by atoms with Gasteiger partial charge in [-0.1, -0.05) is 78.1 Å². The number of alkyl halides is 1. The summed E-state index contributed by atoms with van der Waals surface area (Å²) in [6, 6.07) is 0. The molecule has 16 heavy (non-hydrogen) atoms. The van der Waals surface area contributed by atoms with Gasteiger partial charge in [-0.2, -0.15) is 0 Å². The van der Waals surface area contributed by atoms with Crippen LogP contribution in [0.15, 0.2) is 0 Å². The molecule has 0 aromatic heterocycles. The largest absolute Gasteiger partial charge is 0.251 e. The highest BCUT2D eigenvalue weighted by atomic mass is 19.1. The third-order valence-electron chi connectivity index (χ3n) is 3.38. The fourth-order valence-corrected chi connectivity index (χ4v) is 2.18. The van der Waals surface area contributed by atoms with Crippen LogP contribution in [0.3, 0.4) is 0 Å². The minimum Gasteiger partial charge on any atom is -0.251 e. The van der Waals surface area contributed by atoms with Crippen LogP contribution in [-0.4, -0.2) is 6.67 Å². The molecule has 0 amide bonds. The van der Waals surface area contributed by atoms with Crippen LogP contribution >= 0.6 is 0 Å². The molecule has 98 valence electrons. The molecule has 1 heteroatoms. The maximum absolute atomic E-state index is 11.9. The van der Waals surface area contributed by atoms with E-state index in [4.69, 9.17) is 0 Å². The summed E-state index contributed by atoms with van der Waals surface area (Å²) in [4.78, 5) is 0. The van der Waals surface area contributed by atoms with Crippen molar-refractivity contribution < 1.29 is 4.39 Å². The molecule has 0 saturated carbocycles. The van der Waals surface area contributed by atoms with Gasteiger partial charge in [0.15, 0.2) is 0 Å². The molecule has 0 radical (unpaired) electrons. The summed E-state index contributed by atoms with van der Waals surface area (Å²) >= 11 is 0. The first-order valence-corrected chi connectivity index (χ1v) is 7.37. The summed E-state index contributed by atoms with van der Waals surface area (Å²) in [5.41, 5.74) is 0. The monoisotopic (exact) mass is 230 g/mol. The van der Waals surface area contributed by atoms with Gasteiger partial charge in [0.2, 0.25) is 0 Å². The average molecular weight is 230 g/mol. The molecule has 1 atom stereocenters. The summed E-state index contributed by atoms with van der Waals surface area (Å²) < 4.78 is 11.9. The highest BCUT2D eigenvalue weighted by Crippen LogP contribution is 2.17. The van der Waals surface area contributed by atoms with Crippen molar-refractivity contribution in [2.75, 3.05) is 6.67 Å². The van der Waals surface area contributed by atoms with Crippen LogP contribution in [0.5, 0.6) is 0 Å². The summed E-state index contributed by atoms with van der Waals surface area (Å²) in [6.07, 6.45) is 14.2. The summed E-state index contributed by atoms with van der Waals surface area (Å²) in [7, 11) is 0. The third-order valence-corrected chi connectivity index (χ3v) is 3.38. The van der Waals surface area contributed by atoms with Crippen LogP contribution in [0.25, 0.3) is 0 Å². The van der Waals surface area contributed by atoms with Crippen LogP contribution in [0.4, 0.5) is 4.39 Å². The van der Waals surface area contributed by atoms with Crippen molar-refractivity contribution in [3.05, 3.63) is 0 Å². The van der Waals surface area contributed by atoms with Gasteiger partial charge in [0.1, 0.15) is 0 Å². The number of hydrogen-bond acceptors (Lipinski definition) is 0. The van der Waals surface area contributed by atoms with Crippen molar-refractivity contribution in [2.45, 2.75) is 84.5 Å². The fraction of sp³-hybridized carbons (Fsp3) is 1.00. The molecule has 0 aromatic rings. The lowest BCUT2D eigenvalue weighted by Gasteiger charge is -2.10. The van der Waals surface area contributed by atoms with E-state index in [9.17, 15) is 4.39 Å². The van der Waals surface area contributed by atoms with Gasteiger partial charge >= 0.3 is 0 Å². The second kappa shape index (κ2) is 13.0. The molecule has 0 rings (SSSR count). The molecule has 0 spiro atoms. The summed E-state index contributed by atoms with van der Waals surface area (Å²) in [5.74, 6) is 0.808. The van der Waals surface area contributed by atoms with Gasteiger partial charge in [-0.15, -0.1) is 0 Å². The second-order valence-corrected chi connectivity index (χ2v) is 5.20. The fourth-order valence-electron chi connectivity index (χ4n) is 2.18. The van der Waals surface area contributed by atoms with Crippen LogP contribution in [-0.2, 0) is 0 Å². The van der Waals surface area contributed by atoms with Crippen molar-refractivity contribution in [3.8, 4) is 0 Å². The maximum atomic E-state index is 11.9. The van der Waals surface area contributed by atoms with Gasteiger partial charge in [0.25, 0.3) is 0 Å². The standard InChI is InChI=1S/C15H31F/c1-3-4-5-6-7-8-9-12-15(2)13-10-11-14-16/h15H,3-14H2,1-2H3. The number of unbranched alkanes of at least 4 members (excludes halogenated alkanes) is 7. The first-order chi connectivity index (χ1) is 7.81. The summed E-state index contributed by atoms with van der Waals surface area (Å²) in [6.45, 7) is 4.44. The zero-order chi connectivity index (χ0) is 12.1. The van der Waals surface area contributed by atoms with Crippen molar-refractivity contribution in [2.24, 2.45) is 5.92 Å². The van der Waals surface area contributed by atoms with Gasteiger partial charge < -0.3 is 0 Å². The molecule has 0 aromatic carbocycles. The van der Waals surface area contributed by atoms with E-state index in [1.807, 2.05) is 0 Å². The first kappa shape index (κ1) is 15.9. The second-order valence-electron chi connectivity index (χ2n) is 5.20. The molecule has 0 aliphatic heterocycles. The van der Waals surface area contributed by atoms with Crippen LogP contribution in [0.2, 0.25) is 0 Å². The molecule has 0 fully saturated rings. The Morgan fingerprint density at radius 2 is 1.25 bits per heavy atom. The van der Waals surface area contributed by atoms with Gasteiger partial charge in [0, 0.05) is 0 Å². The lowest BCUT2D eigenvalue weighted by Crippen LogP contribution is -1.95. The van der Waals surface area contributed by atoms with Crippen molar-refractivity contribution >= 4 is 0 Å². The Labute approximate surface area is 102 Å². The summed E-state index contributed by atoms with van der Waals surface area (Å²) in [5, 5.41) is 0. The Kier molecular flexibility index (Phi) is 12.9. The average Bonchev–Trinajstić information content (AvgIpc) is 2.28. The van der Waals surface area contributed by atoms with Crippen molar-refractivity contribution in [1.82, 2.24) is 0 Å². The molecule has 0 N–H and O–H groups in total. The predicted octanol–water partition coefficient (Wildman–Crippen LogP) is 5.90. The van der Waals surface area contributed by atoms with E-state index in [2.05, 4.69) is 13.8 Å². The highest BCUT2D eigenvalue weighted by molar-refractivity contribution is 4.55. The van der Waals surface area contributed by atoms with Crippen LogP contribution in [0.1, 0.15) is 84.5 Å². The molecular weight excluding hydrogens is 199 g/mol. The molecule has 0 aliphatic rings. The normalized spacial score (nSPS) is 12.9. The first-order valence-electron chi connectivity index (χ1n) is 7.37. The Bertz CT molecular complexity index is 123. The Morgan fingerprint density at radius 3 is 1.81 bits per heavy atom. The maximum Gasteiger partial charge on any atom is 0.0894 e. The van der Waals surface area contributed by atoms with Crippen molar-refractivity contribution in [1.29, 1.82) is 0 Å². The minimum absolute atomic E-state index is 0.135.